The van der Waals surface area contributed by atoms with E-state index in [2.05, 4.69) is 10.6 Å². The van der Waals surface area contributed by atoms with Gasteiger partial charge >= 0.3 is 0 Å². The van der Waals surface area contributed by atoms with Crippen molar-refractivity contribution in [1.82, 2.24) is 10.6 Å². The van der Waals surface area contributed by atoms with Crippen molar-refractivity contribution in [2.75, 3.05) is 28.4 Å². The number of carbonyl (C=O) groups excluding carboxylic acids is 2. The van der Waals surface area contributed by atoms with E-state index in [4.69, 9.17) is 18.9 Å². The van der Waals surface area contributed by atoms with Crippen LogP contribution in [0.15, 0.2) is 158 Å². The molecule has 6 aromatic carbocycles. The number of hydrogen-bond donors (Lipinski definition) is 4. The van der Waals surface area contributed by atoms with Crippen molar-refractivity contribution in [3.05, 3.63) is 191 Å². The Labute approximate surface area is 363 Å². The second-order valence-electron chi connectivity index (χ2n) is 15.7. The Kier molecular flexibility index (Phi) is 13.3. The highest BCUT2D eigenvalue weighted by Crippen LogP contribution is 2.48. The van der Waals surface area contributed by atoms with Gasteiger partial charge < -0.3 is 39.8 Å². The predicted molar refractivity (Wildman–Crippen MR) is 238 cm³/mol. The maximum Gasteiger partial charge on any atom is 0.236 e. The number of nitrogens with one attached hydrogen (secondary N) is 2. The molecule has 0 bridgehead atoms. The number of ether oxygens (including phenoxy) is 4. The number of para-hydroxylation sites is 4. The van der Waals surface area contributed by atoms with E-state index in [-0.39, 0.29) is 25.7 Å². The van der Waals surface area contributed by atoms with Crippen molar-refractivity contribution in [2.45, 2.75) is 55.4 Å². The summed E-state index contributed by atoms with van der Waals surface area (Å²) in [5.74, 6) is 0.504. The lowest BCUT2D eigenvalue weighted by atomic mass is 9.66. The zero-order valence-electron chi connectivity index (χ0n) is 35.5. The molecule has 1 fully saturated rings. The van der Waals surface area contributed by atoms with E-state index in [0.717, 1.165) is 11.1 Å². The predicted octanol–water partition coefficient (Wildman–Crippen LogP) is 7.52. The number of hydrogen-bond acceptors (Lipinski definition) is 8. The number of amides is 2. The number of aliphatic hydroxyl groups is 2. The van der Waals surface area contributed by atoms with Gasteiger partial charge in [0.05, 0.1) is 40.5 Å². The molecule has 1 aliphatic carbocycles. The van der Waals surface area contributed by atoms with Gasteiger partial charge in [-0.3, -0.25) is 9.59 Å². The topological polar surface area (TPSA) is 136 Å². The fraction of sp³-hybridized carbons (Fsp3) is 0.269. The molecule has 0 radical (unpaired) electrons. The molecular formula is C52H54N2O8. The van der Waals surface area contributed by atoms with E-state index in [1.807, 2.05) is 84.9 Å². The second-order valence-corrected chi connectivity index (χ2v) is 15.7. The van der Waals surface area contributed by atoms with Gasteiger partial charge in [0, 0.05) is 22.3 Å². The van der Waals surface area contributed by atoms with Crippen molar-refractivity contribution < 1.29 is 38.7 Å². The number of methoxy groups -OCH3 is 4. The Bertz CT molecular complexity index is 2190. The summed E-state index contributed by atoms with van der Waals surface area (Å²) in [4.78, 5) is 30.6. The minimum Gasteiger partial charge on any atom is -0.496 e. The lowest BCUT2D eigenvalue weighted by molar-refractivity contribution is -0.152. The van der Waals surface area contributed by atoms with Crippen LogP contribution in [0.5, 0.6) is 23.0 Å². The Morgan fingerprint density at radius 2 is 0.758 bits per heavy atom. The van der Waals surface area contributed by atoms with Crippen LogP contribution in [0.3, 0.4) is 0 Å². The SMILES string of the molecule is COc1ccccc1C(O)(c1ccccc1OC)[C@@H](Cc1ccccc1)NC(=O)C1(C(=O)N[C@H](Cc2ccccc2)C(O)(c2ccccc2OC)c2ccccc2OC)CCC1. The average Bonchev–Trinajstić information content (AvgIpc) is 3.30. The first-order chi connectivity index (χ1) is 30.1. The van der Waals surface area contributed by atoms with Crippen LogP contribution in [-0.2, 0) is 33.6 Å². The quantitative estimate of drug-likeness (QED) is 0.0654. The number of benzene rings is 6. The maximum atomic E-state index is 15.3. The van der Waals surface area contributed by atoms with Gasteiger partial charge in [0.1, 0.15) is 39.6 Å². The smallest absolute Gasteiger partial charge is 0.236 e. The van der Waals surface area contributed by atoms with E-state index in [9.17, 15) is 10.2 Å². The van der Waals surface area contributed by atoms with Gasteiger partial charge in [-0.2, -0.15) is 0 Å². The maximum absolute atomic E-state index is 15.3. The molecule has 0 heterocycles. The van der Waals surface area contributed by atoms with E-state index in [1.54, 1.807) is 72.8 Å². The van der Waals surface area contributed by atoms with Crippen molar-refractivity contribution in [3.8, 4) is 23.0 Å². The third-order valence-electron chi connectivity index (χ3n) is 12.3. The summed E-state index contributed by atoms with van der Waals surface area (Å²) in [7, 11) is 6.12. The Morgan fingerprint density at radius 3 is 1.02 bits per heavy atom. The van der Waals surface area contributed by atoms with E-state index < -0.39 is 40.5 Å². The van der Waals surface area contributed by atoms with E-state index in [0.29, 0.717) is 51.7 Å². The van der Waals surface area contributed by atoms with Crippen molar-refractivity contribution in [1.29, 1.82) is 0 Å². The molecule has 0 unspecified atom stereocenters. The molecule has 2 atom stereocenters. The first-order valence-corrected chi connectivity index (χ1v) is 20.8. The molecule has 6 aromatic rings. The highest BCUT2D eigenvalue weighted by Gasteiger charge is 2.55. The van der Waals surface area contributed by atoms with Crippen molar-refractivity contribution in [2.24, 2.45) is 5.41 Å². The monoisotopic (exact) mass is 834 g/mol. The molecule has 4 N–H and O–H groups in total. The van der Waals surface area contributed by atoms with Crippen molar-refractivity contribution in [3.63, 3.8) is 0 Å². The zero-order valence-corrected chi connectivity index (χ0v) is 35.5. The molecule has 320 valence electrons. The normalized spacial score (nSPS) is 14.4. The van der Waals surface area contributed by atoms with Gasteiger partial charge in [-0.15, -0.1) is 0 Å². The van der Waals surface area contributed by atoms with Crippen LogP contribution in [-0.4, -0.2) is 62.6 Å². The Morgan fingerprint density at radius 1 is 0.484 bits per heavy atom. The van der Waals surface area contributed by atoms with E-state index in [1.165, 1.54) is 28.4 Å². The molecule has 10 heteroatoms. The molecule has 62 heavy (non-hydrogen) atoms. The van der Waals surface area contributed by atoms with Gasteiger partial charge in [-0.25, -0.2) is 0 Å². The summed E-state index contributed by atoms with van der Waals surface area (Å²) in [5, 5.41) is 33.4. The molecule has 0 aromatic heterocycles. The summed E-state index contributed by atoms with van der Waals surface area (Å²) in [6, 6.07) is 45.6. The third kappa shape index (κ3) is 8.23. The lowest BCUT2D eigenvalue weighted by Crippen LogP contribution is -2.63. The lowest BCUT2D eigenvalue weighted by Gasteiger charge is -2.45. The Hall–Kier alpha value is -6.62. The minimum atomic E-state index is -1.93. The summed E-state index contributed by atoms with van der Waals surface area (Å²) in [6.07, 6.45) is 1.44. The molecule has 2 amide bonds. The first kappa shape index (κ1) is 43.5. The van der Waals surface area contributed by atoms with Crippen LogP contribution < -0.4 is 29.6 Å². The molecule has 10 nitrogen and oxygen atoms in total. The molecule has 0 spiro atoms. The van der Waals surface area contributed by atoms with Gasteiger partial charge in [0.25, 0.3) is 0 Å². The highest BCUT2D eigenvalue weighted by atomic mass is 16.5. The number of carbonyl (C=O) groups is 2. The van der Waals surface area contributed by atoms with Crippen LogP contribution in [0.4, 0.5) is 0 Å². The fourth-order valence-electron chi connectivity index (χ4n) is 8.87. The largest absolute Gasteiger partial charge is 0.496 e. The van der Waals surface area contributed by atoms with Gasteiger partial charge in [0.15, 0.2) is 0 Å². The average molecular weight is 835 g/mol. The molecule has 0 aliphatic heterocycles. The van der Waals surface area contributed by atoms with Gasteiger partial charge in [-0.1, -0.05) is 140 Å². The van der Waals surface area contributed by atoms with Crippen LogP contribution in [0.1, 0.15) is 52.6 Å². The molecular weight excluding hydrogens is 781 g/mol. The van der Waals surface area contributed by atoms with Crippen LogP contribution >= 0.6 is 0 Å². The molecule has 1 saturated carbocycles. The van der Waals surface area contributed by atoms with Crippen LogP contribution in [0.2, 0.25) is 0 Å². The molecule has 7 rings (SSSR count). The van der Waals surface area contributed by atoms with E-state index >= 15 is 9.59 Å². The minimum absolute atomic E-state index is 0.175. The van der Waals surface area contributed by atoms with Crippen LogP contribution in [0.25, 0.3) is 0 Å². The van der Waals surface area contributed by atoms with Gasteiger partial charge in [0.2, 0.25) is 11.8 Å². The third-order valence-corrected chi connectivity index (χ3v) is 12.3. The standard InChI is InChI=1S/C52H54N2O8/c1-59-42-28-15-11-24-38(42)51(57,39-25-12-16-29-43(39)60-2)46(34-36-20-7-5-8-21-36)53-48(55)50(32-19-33-50)49(56)54-47(35-37-22-9-6-10-23-37)52(58,40-26-13-17-30-44(40)61-3)41-27-14-18-31-45(41)62-4/h5-18,20-31,46-47,57-58H,19,32-35H2,1-4H3,(H,53,55)(H,54,56)/t46-,47-/m1/s1. The van der Waals surface area contributed by atoms with Crippen molar-refractivity contribution >= 4 is 11.8 Å². The van der Waals surface area contributed by atoms with Gasteiger partial charge in [-0.05, 0) is 61.1 Å². The molecule has 1 aliphatic rings. The second kappa shape index (κ2) is 19.0. The Balaban J connectivity index is 1.35. The molecule has 0 saturated heterocycles. The van der Waals surface area contributed by atoms with Crippen LogP contribution in [0, 0.1) is 5.41 Å². The summed E-state index contributed by atoms with van der Waals surface area (Å²) < 4.78 is 23.4. The summed E-state index contributed by atoms with van der Waals surface area (Å²) in [5.41, 5.74) is -2.13. The highest BCUT2D eigenvalue weighted by molar-refractivity contribution is 6.06. The fourth-order valence-corrected chi connectivity index (χ4v) is 8.87. The summed E-state index contributed by atoms with van der Waals surface area (Å²) in [6.45, 7) is 0. The first-order valence-electron chi connectivity index (χ1n) is 20.8. The summed E-state index contributed by atoms with van der Waals surface area (Å²) >= 11 is 0. The number of rotatable bonds is 18. The zero-order chi connectivity index (χ0) is 43.7.